The molecule has 1 fully saturated rings. The average molecular weight is 487 g/mol. The van der Waals surface area contributed by atoms with Gasteiger partial charge < -0.3 is 20.5 Å². The molecule has 3 N–H and O–H groups in total. The van der Waals surface area contributed by atoms with Gasteiger partial charge in [-0.25, -0.2) is 18.4 Å². The molecule has 0 aromatic heterocycles. The van der Waals surface area contributed by atoms with Gasteiger partial charge in [0.1, 0.15) is 12.6 Å². The second-order valence-electron chi connectivity index (χ2n) is 9.06. The van der Waals surface area contributed by atoms with Crippen LogP contribution in [0.3, 0.4) is 0 Å². The van der Waals surface area contributed by atoms with Gasteiger partial charge in [-0.1, -0.05) is 55.0 Å². The molecule has 3 unspecified atom stereocenters. The number of carbonyl (C=O) groups excluding carboxylic acids is 2. The molecule has 2 aromatic rings. The second kappa shape index (κ2) is 10.8. The summed E-state index contributed by atoms with van der Waals surface area (Å²) in [7, 11) is 0. The minimum atomic E-state index is -2.84. The largest absolute Gasteiger partial charge is 0.480 e. The third-order valence-electron chi connectivity index (χ3n) is 6.80. The summed E-state index contributed by atoms with van der Waals surface area (Å²) in [6.45, 7) is 0.172. The lowest BCUT2D eigenvalue weighted by molar-refractivity contribution is -0.143. The van der Waals surface area contributed by atoms with E-state index in [0.717, 1.165) is 28.7 Å². The fourth-order valence-corrected chi connectivity index (χ4v) is 5.15. The molecule has 4 rings (SSSR count). The van der Waals surface area contributed by atoms with Crippen LogP contribution in [-0.4, -0.2) is 48.2 Å². The smallest absolute Gasteiger partial charge is 0.407 e. The lowest BCUT2D eigenvalue weighted by Gasteiger charge is -2.22. The Bertz CT molecular complexity index is 1050. The first-order valence-electron chi connectivity index (χ1n) is 11.7. The molecule has 2 aliphatic carbocycles. The van der Waals surface area contributed by atoms with Gasteiger partial charge in [-0.3, -0.25) is 4.79 Å². The third-order valence-corrected chi connectivity index (χ3v) is 6.80. The number of halogens is 2. The quantitative estimate of drug-likeness (QED) is 0.490. The number of amides is 2. The van der Waals surface area contributed by atoms with Gasteiger partial charge >= 0.3 is 12.1 Å². The van der Waals surface area contributed by atoms with Gasteiger partial charge in [0.25, 0.3) is 0 Å². The van der Waals surface area contributed by atoms with E-state index in [9.17, 15) is 23.2 Å². The van der Waals surface area contributed by atoms with Crippen molar-refractivity contribution in [1.82, 2.24) is 10.6 Å². The number of carbonyl (C=O) groups is 3. The average Bonchev–Trinajstić information content (AvgIpc) is 3.38. The first-order chi connectivity index (χ1) is 16.8. The zero-order chi connectivity index (χ0) is 24.9. The molecule has 186 valence electrons. The molecule has 0 spiro atoms. The minimum Gasteiger partial charge on any atom is -0.480 e. The maximum Gasteiger partial charge on any atom is 0.407 e. The van der Waals surface area contributed by atoms with E-state index in [-0.39, 0.29) is 30.9 Å². The predicted molar refractivity (Wildman–Crippen MR) is 124 cm³/mol. The number of carboxylic acids is 1. The van der Waals surface area contributed by atoms with Crippen molar-refractivity contribution in [2.45, 2.75) is 56.5 Å². The number of benzene rings is 2. The van der Waals surface area contributed by atoms with Crippen LogP contribution < -0.4 is 10.6 Å². The van der Waals surface area contributed by atoms with E-state index in [1.165, 1.54) is 0 Å². The van der Waals surface area contributed by atoms with Gasteiger partial charge in [0.05, 0.1) is 0 Å². The van der Waals surface area contributed by atoms with Crippen LogP contribution in [0.1, 0.15) is 49.1 Å². The van der Waals surface area contributed by atoms with Crippen LogP contribution in [0.25, 0.3) is 11.1 Å². The highest BCUT2D eigenvalue weighted by atomic mass is 19.3. The number of fused-ring (bicyclic) bond motifs is 3. The standard InChI is InChI=1S/C26H28F2N2O5/c27-23(28)13-22(25(32)33)29-24(31)12-15-6-5-11-21(15)30-26(34)35-14-20-18-9-3-1-7-16(18)17-8-2-4-10-19(17)20/h1-4,7-10,15,20-23H,5-6,11-14H2,(H,29,31)(H,30,34)(H,32,33). The summed E-state index contributed by atoms with van der Waals surface area (Å²) >= 11 is 0. The van der Waals surface area contributed by atoms with E-state index in [1.807, 2.05) is 36.4 Å². The summed E-state index contributed by atoms with van der Waals surface area (Å²) in [6, 6.07) is 14.1. The van der Waals surface area contributed by atoms with Crippen LogP contribution in [0.2, 0.25) is 0 Å². The number of alkyl carbamates (subject to hydrolysis) is 1. The highest BCUT2D eigenvalue weighted by molar-refractivity contribution is 5.84. The van der Waals surface area contributed by atoms with Crippen molar-refractivity contribution in [3.05, 3.63) is 59.7 Å². The van der Waals surface area contributed by atoms with Crippen molar-refractivity contribution in [3.63, 3.8) is 0 Å². The molecule has 0 saturated heterocycles. The maximum atomic E-state index is 12.6. The molecule has 0 aliphatic heterocycles. The normalized spacial score (nSPS) is 19.6. The maximum absolute atomic E-state index is 12.6. The topological polar surface area (TPSA) is 105 Å². The molecule has 2 aromatic carbocycles. The van der Waals surface area contributed by atoms with E-state index < -0.39 is 36.9 Å². The van der Waals surface area contributed by atoms with Gasteiger partial charge in [-0.2, -0.15) is 0 Å². The van der Waals surface area contributed by atoms with E-state index in [0.29, 0.717) is 12.8 Å². The minimum absolute atomic E-state index is 0.0542. The van der Waals surface area contributed by atoms with Gasteiger partial charge in [0.2, 0.25) is 12.3 Å². The van der Waals surface area contributed by atoms with E-state index in [1.54, 1.807) is 0 Å². The van der Waals surface area contributed by atoms with Crippen molar-refractivity contribution in [3.8, 4) is 11.1 Å². The Morgan fingerprint density at radius 2 is 1.63 bits per heavy atom. The SMILES string of the molecule is O=C(CC1CCCC1NC(=O)OCC1c2ccccc2-c2ccccc21)NC(CC(F)F)C(=O)O. The van der Waals surface area contributed by atoms with Gasteiger partial charge in [0.15, 0.2) is 0 Å². The molecular weight excluding hydrogens is 458 g/mol. The molecule has 9 heteroatoms. The Morgan fingerprint density at radius 3 is 2.23 bits per heavy atom. The number of carboxylic acid groups (broad SMARTS) is 1. The van der Waals surface area contributed by atoms with Gasteiger partial charge in [-0.15, -0.1) is 0 Å². The van der Waals surface area contributed by atoms with Crippen LogP contribution in [0.4, 0.5) is 13.6 Å². The van der Waals surface area contributed by atoms with Crippen LogP contribution >= 0.6 is 0 Å². The van der Waals surface area contributed by atoms with Crippen molar-refractivity contribution in [1.29, 1.82) is 0 Å². The van der Waals surface area contributed by atoms with Crippen molar-refractivity contribution < 1.29 is 33.0 Å². The summed E-state index contributed by atoms with van der Waals surface area (Å²) in [6.07, 6.45) is -2.33. The van der Waals surface area contributed by atoms with Crippen LogP contribution in [0, 0.1) is 5.92 Å². The number of nitrogens with one attached hydrogen (secondary N) is 2. The van der Waals surface area contributed by atoms with Gasteiger partial charge in [0, 0.05) is 24.8 Å². The molecule has 0 heterocycles. The Morgan fingerprint density at radius 1 is 1.00 bits per heavy atom. The summed E-state index contributed by atoms with van der Waals surface area (Å²) < 4.78 is 30.7. The molecule has 1 saturated carbocycles. The molecule has 3 atom stereocenters. The lowest BCUT2D eigenvalue weighted by atomic mass is 9.98. The summed E-state index contributed by atoms with van der Waals surface area (Å²) in [4.78, 5) is 36.0. The Kier molecular flexibility index (Phi) is 7.63. The predicted octanol–water partition coefficient (Wildman–Crippen LogP) is 4.31. The van der Waals surface area contributed by atoms with Crippen LogP contribution in [0.15, 0.2) is 48.5 Å². The fourth-order valence-electron chi connectivity index (χ4n) is 5.15. The number of alkyl halides is 2. The number of ether oxygens (including phenoxy) is 1. The zero-order valence-electron chi connectivity index (χ0n) is 19.1. The molecule has 7 nitrogen and oxygen atoms in total. The van der Waals surface area contributed by atoms with Crippen LogP contribution in [0.5, 0.6) is 0 Å². The molecule has 2 aliphatic rings. The number of aliphatic carboxylic acids is 1. The van der Waals surface area contributed by atoms with Crippen molar-refractivity contribution in [2.24, 2.45) is 5.92 Å². The van der Waals surface area contributed by atoms with Crippen LogP contribution in [-0.2, 0) is 14.3 Å². The highest BCUT2D eigenvalue weighted by Gasteiger charge is 2.33. The van der Waals surface area contributed by atoms with Crippen molar-refractivity contribution >= 4 is 18.0 Å². The first-order valence-corrected chi connectivity index (χ1v) is 11.7. The highest BCUT2D eigenvalue weighted by Crippen LogP contribution is 2.44. The third kappa shape index (κ3) is 5.78. The van der Waals surface area contributed by atoms with Gasteiger partial charge in [-0.05, 0) is 41.0 Å². The Balaban J connectivity index is 1.31. The Hall–Kier alpha value is -3.49. The van der Waals surface area contributed by atoms with Crippen molar-refractivity contribution in [2.75, 3.05) is 6.61 Å². The molecule has 0 radical (unpaired) electrons. The van der Waals surface area contributed by atoms with E-state index in [4.69, 9.17) is 9.84 Å². The zero-order valence-corrected chi connectivity index (χ0v) is 19.1. The number of rotatable bonds is 9. The molecule has 2 amide bonds. The monoisotopic (exact) mass is 486 g/mol. The lowest BCUT2D eigenvalue weighted by Crippen LogP contribution is -2.44. The van der Waals surface area contributed by atoms with E-state index in [2.05, 4.69) is 22.8 Å². The van der Waals surface area contributed by atoms with E-state index >= 15 is 0 Å². The summed E-state index contributed by atoms with van der Waals surface area (Å²) in [5.74, 6) is -2.42. The molecule has 0 bridgehead atoms. The fraction of sp³-hybridized carbons (Fsp3) is 0.423. The molecular formula is C26H28F2N2O5. The second-order valence-corrected chi connectivity index (χ2v) is 9.06. The first kappa shape index (κ1) is 24.6. The summed E-state index contributed by atoms with van der Waals surface area (Å²) in [5, 5.41) is 14.1. The number of hydrogen-bond donors (Lipinski definition) is 3. The molecule has 35 heavy (non-hydrogen) atoms. The Labute approximate surface area is 201 Å². The summed E-state index contributed by atoms with van der Waals surface area (Å²) in [5.41, 5.74) is 4.47. The number of hydrogen-bond acceptors (Lipinski definition) is 4.